The number of rotatable bonds is 5. The molecule has 2 aliphatic heterocycles. The summed E-state index contributed by atoms with van der Waals surface area (Å²) in [6.45, 7) is 14.1. The number of ether oxygens (including phenoxy) is 1. The minimum absolute atomic E-state index is 0.103. The second kappa shape index (κ2) is 9.03. The zero-order valence-corrected chi connectivity index (χ0v) is 23.1. The second-order valence-corrected chi connectivity index (χ2v) is 13.8. The molecule has 1 saturated carbocycles. The Hall–Kier alpha value is -2.19. The fourth-order valence-corrected chi connectivity index (χ4v) is 7.18. The number of nitrogens with zero attached hydrogens (tertiary/aromatic N) is 1. The second-order valence-electron chi connectivity index (χ2n) is 11.8. The SMILES string of the molecule is C[C@@H](C(=O)N1C(=O)c2ccccc2OC12CCCCC2)[C@H]1NC(=O)[C@@H]1[C@@](C)(O[Si](C)C)C(C)(C)C. The smallest absolute Gasteiger partial charge is 0.267 e. The van der Waals surface area contributed by atoms with Crippen molar-refractivity contribution in [3.05, 3.63) is 29.8 Å². The Morgan fingerprint density at radius 1 is 1.14 bits per heavy atom. The van der Waals surface area contributed by atoms with E-state index in [4.69, 9.17) is 9.16 Å². The van der Waals surface area contributed by atoms with Crippen molar-refractivity contribution in [2.45, 2.75) is 97.2 Å². The third-order valence-electron chi connectivity index (χ3n) is 8.26. The lowest BCUT2D eigenvalue weighted by molar-refractivity contribution is -0.171. The Kier molecular flexibility index (Phi) is 6.68. The average molecular weight is 500 g/mol. The fourth-order valence-electron chi connectivity index (χ4n) is 5.89. The summed E-state index contributed by atoms with van der Waals surface area (Å²) in [5, 5.41) is 2.98. The van der Waals surface area contributed by atoms with Gasteiger partial charge in [-0.2, -0.15) is 0 Å². The zero-order valence-electron chi connectivity index (χ0n) is 22.1. The topological polar surface area (TPSA) is 84.9 Å². The fraction of sp³-hybridized carbons (Fsp3) is 0.667. The highest BCUT2D eigenvalue weighted by molar-refractivity contribution is 6.48. The Morgan fingerprint density at radius 3 is 2.34 bits per heavy atom. The van der Waals surface area contributed by atoms with Crippen LogP contribution in [0.15, 0.2) is 24.3 Å². The van der Waals surface area contributed by atoms with Gasteiger partial charge in [0, 0.05) is 12.8 Å². The van der Waals surface area contributed by atoms with Gasteiger partial charge in [0.2, 0.25) is 20.9 Å². The molecule has 0 aromatic heterocycles. The molecule has 3 aliphatic rings. The van der Waals surface area contributed by atoms with E-state index < -0.39 is 38.2 Å². The molecule has 2 fully saturated rings. The normalized spacial score (nSPS) is 26.3. The van der Waals surface area contributed by atoms with Crippen LogP contribution in [0, 0.1) is 17.3 Å². The molecule has 1 aromatic carbocycles. The number of hydrogen-bond acceptors (Lipinski definition) is 5. The number of para-hydroxylation sites is 1. The van der Waals surface area contributed by atoms with Gasteiger partial charge in [-0.1, -0.05) is 46.2 Å². The van der Waals surface area contributed by atoms with Crippen LogP contribution in [0.5, 0.6) is 5.75 Å². The maximum atomic E-state index is 14.1. The summed E-state index contributed by atoms with van der Waals surface area (Å²) in [5.41, 5.74) is -1.63. The number of β-lactam (4-membered cyclic amide) rings is 1. The predicted octanol–water partition coefficient (Wildman–Crippen LogP) is 4.53. The molecule has 2 heterocycles. The van der Waals surface area contributed by atoms with E-state index in [1.807, 2.05) is 19.9 Å². The molecule has 1 radical (unpaired) electrons. The Bertz CT molecular complexity index is 1010. The van der Waals surface area contributed by atoms with Crippen LogP contribution < -0.4 is 10.1 Å². The largest absolute Gasteiger partial charge is 0.467 e. The van der Waals surface area contributed by atoms with E-state index in [0.717, 1.165) is 19.3 Å². The minimum Gasteiger partial charge on any atom is -0.467 e. The maximum absolute atomic E-state index is 14.1. The minimum atomic E-state index is -1.12. The van der Waals surface area contributed by atoms with Crippen molar-refractivity contribution >= 4 is 26.8 Å². The number of fused-ring (bicyclic) bond motifs is 1. The number of nitrogens with one attached hydrogen (secondary N) is 1. The molecule has 7 nitrogen and oxygen atoms in total. The van der Waals surface area contributed by atoms with Gasteiger partial charge in [0.05, 0.1) is 29.0 Å². The highest BCUT2D eigenvalue weighted by Crippen LogP contribution is 2.47. The summed E-state index contributed by atoms with van der Waals surface area (Å²) in [5.74, 6) is -1.26. The van der Waals surface area contributed by atoms with Crippen LogP contribution in [-0.4, -0.2) is 49.0 Å². The van der Waals surface area contributed by atoms with Crippen molar-refractivity contribution < 1.29 is 23.5 Å². The van der Waals surface area contributed by atoms with Gasteiger partial charge in [0.15, 0.2) is 5.72 Å². The van der Waals surface area contributed by atoms with Crippen LogP contribution in [0.2, 0.25) is 13.1 Å². The first-order chi connectivity index (χ1) is 16.3. The molecule has 191 valence electrons. The van der Waals surface area contributed by atoms with Crippen molar-refractivity contribution in [2.75, 3.05) is 0 Å². The van der Waals surface area contributed by atoms with Gasteiger partial charge in [-0.25, -0.2) is 4.90 Å². The number of carbonyl (C=O) groups excluding carboxylic acids is 3. The van der Waals surface area contributed by atoms with E-state index in [0.29, 0.717) is 24.2 Å². The van der Waals surface area contributed by atoms with Gasteiger partial charge in [0.25, 0.3) is 5.91 Å². The highest BCUT2D eigenvalue weighted by Gasteiger charge is 2.61. The molecule has 0 unspecified atom stereocenters. The summed E-state index contributed by atoms with van der Waals surface area (Å²) in [4.78, 5) is 42.2. The van der Waals surface area contributed by atoms with Gasteiger partial charge in [-0.05, 0) is 50.4 Å². The molecule has 1 aliphatic carbocycles. The molecule has 1 spiro atoms. The monoisotopic (exact) mass is 499 g/mol. The lowest BCUT2D eigenvalue weighted by atomic mass is 9.62. The van der Waals surface area contributed by atoms with E-state index in [1.165, 1.54) is 4.90 Å². The molecule has 1 N–H and O–H groups in total. The van der Waals surface area contributed by atoms with Gasteiger partial charge in [-0.15, -0.1) is 0 Å². The van der Waals surface area contributed by atoms with Crippen LogP contribution >= 0.6 is 0 Å². The zero-order chi connectivity index (χ0) is 25.8. The van der Waals surface area contributed by atoms with E-state index in [1.54, 1.807) is 18.2 Å². The van der Waals surface area contributed by atoms with Gasteiger partial charge in [0.1, 0.15) is 5.75 Å². The van der Waals surface area contributed by atoms with Crippen molar-refractivity contribution in [1.29, 1.82) is 0 Å². The predicted molar refractivity (Wildman–Crippen MR) is 135 cm³/mol. The molecule has 8 heteroatoms. The molecule has 35 heavy (non-hydrogen) atoms. The molecule has 4 atom stereocenters. The molecule has 0 bridgehead atoms. The lowest BCUT2D eigenvalue weighted by Crippen LogP contribution is -2.74. The Labute approximate surface area is 210 Å². The highest BCUT2D eigenvalue weighted by atomic mass is 28.3. The molecule has 4 rings (SSSR count). The number of hydrogen-bond donors (Lipinski definition) is 1. The molecular weight excluding hydrogens is 460 g/mol. The molecular formula is C27H39N2O5Si. The number of carbonyl (C=O) groups is 3. The number of benzene rings is 1. The Balaban J connectivity index is 1.68. The van der Waals surface area contributed by atoms with Crippen molar-refractivity contribution in [2.24, 2.45) is 17.3 Å². The third kappa shape index (κ3) is 4.22. The van der Waals surface area contributed by atoms with Crippen LogP contribution in [0.4, 0.5) is 0 Å². The van der Waals surface area contributed by atoms with Crippen molar-refractivity contribution in [3.8, 4) is 5.75 Å². The van der Waals surface area contributed by atoms with Gasteiger partial charge < -0.3 is 14.5 Å². The van der Waals surface area contributed by atoms with Crippen LogP contribution in [0.25, 0.3) is 0 Å². The van der Waals surface area contributed by atoms with Crippen molar-refractivity contribution in [1.82, 2.24) is 10.2 Å². The van der Waals surface area contributed by atoms with E-state index >= 15 is 0 Å². The van der Waals surface area contributed by atoms with Gasteiger partial charge >= 0.3 is 0 Å². The first-order valence-electron chi connectivity index (χ1n) is 12.8. The summed E-state index contributed by atoms with van der Waals surface area (Å²) in [7, 11) is -1.12. The first kappa shape index (κ1) is 25.9. The van der Waals surface area contributed by atoms with Crippen LogP contribution in [0.3, 0.4) is 0 Å². The Morgan fingerprint density at radius 2 is 1.77 bits per heavy atom. The average Bonchev–Trinajstić information content (AvgIpc) is 2.76. The quantitative estimate of drug-likeness (QED) is 0.475. The lowest BCUT2D eigenvalue weighted by Gasteiger charge is -2.56. The van der Waals surface area contributed by atoms with Crippen molar-refractivity contribution in [3.63, 3.8) is 0 Å². The summed E-state index contributed by atoms with van der Waals surface area (Å²) in [6, 6.07) is 6.72. The van der Waals surface area contributed by atoms with E-state index in [9.17, 15) is 14.4 Å². The summed E-state index contributed by atoms with van der Waals surface area (Å²) < 4.78 is 12.9. The number of amides is 3. The standard InChI is InChI=1S/C27H39N2O5Si/c1-17(21-20(22(30)28-21)26(5,25(2,3)4)34-35(6)7)23(31)29-24(32)18-13-9-10-14-19(18)33-27(29)15-11-8-12-16-27/h9-10,13-14,17,20-21H,8,11-12,15-16H2,1-7H3,(H,28,30)/t17-,20-,21-,26-/m1/s1. The number of imide groups is 1. The van der Waals surface area contributed by atoms with E-state index in [2.05, 4.69) is 39.2 Å². The molecule has 3 amide bonds. The van der Waals surface area contributed by atoms with Gasteiger partial charge in [-0.3, -0.25) is 14.4 Å². The third-order valence-corrected chi connectivity index (χ3v) is 9.09. The first-order valence-corrected chi connectivity index (χ1v) is 15.2. The molecule has 1 saturated heterocycles. The maximum Gasteiger partial charge on any atom is 0.267 e. The summed E-state index contributed by atoms with van der Waals surface area (Å²) >= 11 is 0. The van der Waals surface area contributed by atoms with Crippen LogP contribution in [0.1, 0.15) is 77.1 Å². The van der Waals surface area contributed by atoms with E-state index in [-0.39, 0.29) is 23.1 Å². The van der Waals surface area contributed by atoms with Crippen LogP contribution in [-0.2, 0) is 14.0 Å². The molecule has 1 aromatic rings. The summed E-state index contributed by atoms with van der Waals surface area (Å²) in [6.07, 6.45) is 4.07.